The lowest BCUT2D eigenvalue weighted by Crippen LogP contribution is -2.59. The second-order valence-electron chi connectivity index (χ2n) is 7.78. The monoisotopic (exact) mass is 318 g/mol. The number of ether oxygens (including phenoxy) is 1. The summed E-state index contributed by atoms with van der Waals surface area (Å²) in [7, 11) is 0. The van der Waals surface area contributed by atoms with Gasteiger partial charge in [0.05, 0.1) is 5.54 Å². The molecule has 1 amide bonds. The largest absolute Gasteiger partial charge is 0.444 e. The summed E-state index contributed by atoms with van der Waals surface area (Å²) in [6.07, 6.45) is 2.85. The van der Waals surface area contributed by atoms with Gasteiger partial charge in [0.25, 0.3) is 0 Å². The first-order valence-electron chi connectivity index (χ1n) is 8.47. The molecule has 1 fully saturated rings. The second kappa shape index (κ2) is 6.91. The molecule has 23 heavy (non-hydrogen) atoms. The van der Waals surface area contributed by atoms with Crippen LogP contribution in [0.25, 0.3) is 0 Å². The smallest absolute Gasteiger partial charge is 0.408 e. The van der Waals surface area contributed by atoms with Crippen LogP contribution in [-0.2, 0) is 11.3 Å². The summed E-state index contributed by atoms with van der Waals surface area (Å²) in [6, 6.07) is 6.53. The fourth-order valence-corrected chi connectivity index (χ4v) is 2.83. The first-order chi connectivity index (χ1) is 10.7. The highest BCUT2D eigenvalue weighted by Crippen LogP contribution is 2.31. The summed E-state index contributed by atoms with van der Waals surface area (Å²) >= 11 is 0. The molecule has 0 spiro atoms. The molecule has 0 heterocycles. The summed E-state index contributed by atoms with van der Waals surface area (Å²) in [5, 5.41) is 6.56. The zero-order chi connectivity index (χ0) is 17.1. The standard InChI is InChI=1S/C19H30N2O2/c1-14-7-8-16(11-15(14)2)12-20-13-19(9-6-10-19)21-17(22)23-18(3,4)5/h7-8,11,20H,6,9-10,12-13H2,1-5H3,(H,21,22). The number of amides is 1. The minimum Gasteiger partial charge on any atom is -0.444 e. The first-order valence-corrected chi connectivity index (χ1v) is 8.47. The lowest BCUT2D eigenvalue weighted by atomic mass is 9.76. The Kier molecular flexibility index (Phi) is 5.35. The highest BCUT2D eigenvalue weighted by Gasteiger charge is 2.39. The second-order valence-corrected chi connectivity index (χ2v) is 7.78. The molecule has 0 aliphatic heterocycles. The molecule has 2 N–H and O–H groups in total. The molecule has 4 nitrogen and oxygen atoms in total. The predicted molar refractivity (Wildman–Crippen MR) is 93.6 cm³/mol. The van der Waals surface area contributed by atoms with Crippen LogP contribution in [0.15, 0.2) is 18.2 Å². The molecule has 0 aromatic heterocycles. The van der Waals surface area contributed by atoms with E-state index in [2.05, 4.69) is 42.7 Å². The molecular formula is C19H30N2O2. The van der Waals surface area contributed by atoms with Gasteiger partial charge in [-0.05, 0) is 70.6 Å². The van der Waals surface area contributed by atoms with Crippen molar-refractivity contribution in [3.63, 3.8) is 0 Å². The predicted octanol–water partition coefficient (Wildman–Crippen LogP) is 3.84. The average molecular weight is 318 g/mol. The Balaban J connectivity index is 1.84. The summed E-state index contributed by atoms with van der Waals surface area (Å²) < 4.78 is 5.38. The van der Waals surface area contributed by atoms with Gasteiger partial charge in [0.2, 0.25) is 0 Å². The van der Waals surface area contributed by atoms with Crippen molar-refractivity contribution in [2.75, 3.05) is 6.54 Å². The fourth-order valence-electron chi connectivity index (χ4n) is 2.83. The van der Waals surface area contributed by atoms with Gasteiger partial charge in [-0.15, -0.1) is 0 Å². The normalized spacial score (nSPS) is 16.6. The van der Waals surface area contributed by atoms with E-state index in [1.807, 2.05) is 20.8 Å². The van der Waals surface area contributed by atoms with Gasteiger partial charge in [0.15, 0.2) is 0 Å². The average Bonchev–Trinajstić information content (AvgIpc) is 2.37. The third kappa shape index (κ3) is 5.24. The van der Waals surface area contributed by atoms with Crippen LogP contribution in [0.3, 0.4) is 0 Å². The Labute approximate surface area is 140 Å². The Morgan fingerprint density at radius 1 is 1.22 bits per heavy atom. The highest BCUT2D eigenvalue weighted by atomic mass is 16.6. The lowest BCUT2D eigenvalue weighted by molar-refractivity contribution is 0.0382. The van der Waals surface area contributed by atoms with Crippen molar-refractivity contribution < 1.29 is 9.53 Å². The number of carbonyl (C=O) groups excluding carboxylic acids is 1. The van der Waals surface area contributed by atoms with Crippen LogP contribution >= 0.6 is 0 Å². The van der Waals surface area contributed by atoms with Gasteiger partial charge >= 0.3 is 6.09 Å². The molecule has 1 saturated carbocycles. The van der Waals surface area contributed by atoms with E-state index in [1.165, 1.54) is 16.7 Å². The maximum atomic E-state index is 12.0. The maximum Gasteiger partial charge on any atom is 0.408 e. The topological polar surface area (TPSA) is 50.4 Å². The van der Waals surface area contributed by atoms with Crippen molar-refractivity contribution in [3.05, 3.63) is 34.9 Å². The van der Waals surface area contributed by atoms with Crippen molar-refractivity contribution in [1.82, 2.24) is 10.6 Å². The molecular weight excluding hydrogens is 288 g/mol. The summed E-state index contributed by atoms with van der Waals surface area (Å²) in [4.78, 5) is 12.0. The van der Waals surface area contributed by atoms with E-state index in [0.29, 0.717) is 0 Å². The van der Waals surface area contributed by atoms with Gasteiger partial charge < -0.3 is 15.4 Å². The van der Waals surface area contributed by atoms with Crippen molar-refractivity contribution in [1.29, 1.82) is 0 Å². The van der Waals surface area contributed by atoms with Crippen LogP contribution in [0.4, 0.5) is 4.79 Å². The summed E-state index contributed by atoms with van der Waals surface area (Å²) in [5.41, 5.74) is 3.30. The lowest BCUT2D eigenvalue weighted by Gasteiger charge is -2.42. The van der Waals surface area contributed by atoms with Gasteiger partial charge in [0, 0.05) is 13.1 Å². The number of carbonyl (C=O) groups is 1. The van der Waals surface area contributed by atoms with Crippen LogP contribution in [0, 0.1) is 13.8 Å². The van der Waals surface area contributed by atoms with Gasteiger partial charge in [-0.1, -0.05) is 18.2 Å². The number of alkyl carbamates (subject to hydrolysis) is 1. The van der Waals surface area contributed by atoms with E-state index in [0.717, 1.165) is 32.4 Å². The minimum atomic E-state index is -0.456. The number of hydrogen-bond donors (Lipinski definition) is 2. The van der Waals surface area contributed by atoms with Gasteiger partial charge in [0.1, 0.15) is 5.60 Å². The number of aryl methyl sites for hydroxylation is 2. The van der Waals surface area contributed by atoms with Crippen molar-refractivity contribution in [2.24, 2.45) is 0 Å². The van der Waals surface area contributed by atoms with E-state index >= 15 is 0 Å². The zero-order valence-electron chi connectivity index (χ0n) is 15.1. The van der Waals surface area contributed by atoms with E-state index in [-0.39, 0.29) is 11.6 Å². The van der Waals surface area contributed by atoms with E-state index < -0.39 is 5.60 Å². The molecule has 4 heteroatoms. The molecule has 0 bridgehead atoms. The molecule has 0 atom stereocenters. The zero-order valence-corrected chi connectivity index (χ0v) is 15.1. The third-order valence-electron chi connectivity index (χ3n) is 4.44. The van der Waals surface area contributed by atoms with Crippen molar-refractivity contribution in [3.8, 4) is 0 Å². The number of nitrogens with one attached hydrogen (secondary N) is 2. The number of benzene rings is 1. The maximum absolute atomic E-state index is 12.0. The van der Waals surface area contributed by atoms with E-state index in [9.17, 15) is 4.79 Å². The molecule has 1 aliphatic rings. The number of rotatable bonds is 5. The first kappa shape index (κ1) is 17.8. The van der Waals surface area contributed by atoms with Crippen LogP contribution in [0.1, 0.15) is 56.7 Å². The highest BCUT2D eigenvalue weighted by molar-refractivity contribution is 5.69. The van der Waals surface area contributed by atoms with Gasteiger partial charge in [-0.25, -0.2) is 4.79 Å². The summed E-state index contributed by atoms with van der Waals surface area (Å²) in [5.74, 6) is 0. The van der Waals surface area contributed by atoms with E-state index in [1.54, 1.807) is 0 Å². The molecule has 2 rings (SSSR count). The Bertz CT molecular complexity index is 557. The molecule has 0 radical (unpaired) electrons. The molecule has 1 aliphatic carbocycles. The molecule has 128 valence electrons. The third-order valence-corrected chi connectivity index (χ3v) is 4.44. The van der Waals surface area contributed by atoms with E-state index in [4.69, 9.17) is 4.74 Å². The van der Waals surface area contributed by atoms with Gasteiger partial charge in [-0.3, -0.25) is 0 Å². The quantitative estimate of drug-likeness (QED) is 0.867. The Morgan fingerprint density at radius 3 is 2.43 bits per heavy atom. The Hall–Kier alpha value is -1.55. The van der Waals surface area contributed by atoms with Crippen LogP contribution in [0.5, 0.6) is 0 Å². The van der Waals surface area contributed by atoms with Crippen LogP contribution in [-0.4, -0.2) is 23.8 Å². The molecule has 0 saturated heterocycles. The van der Waals surface area contributed by atoms with Gasteiger partial charge in [-0.2, -0.15) is 0 Å². The number of hydrogen-bond acceptors (Lipinski definition) is 3. The van der Waals surface area contributed by atoms with Crippen LogP contribution in [0.2, 0.25) is 0 Å². The Morgan fingerprint density at radius 2 is 1.91 bits per heavy atom. The fraction of sp³-hybridized carbons (Fsp3) is 0.632. The molecule has 1 aromatic carbocycles. The van der Waals surface area contributed by atoms with Crippen molar-refractivity contribution >= 4 is 6.09 Å². The molecule has 0 unspecified atom stereocenters. The van der Waals surface area contributed by atoms with Crippen molar-refractivity contribution in [2.45, 2.75) is 71.6 Å². The van der Waals surface area contributed by atoms with Crippen LogP contribution < -0.4 is 10.6 Å². The molecule has 1 aromatic rings. The minimum absolute atomic E-state index is 0.151. The summed E-state index contributed by atoms with van der Waals surface area (Å²) in [6.45, 7) is 11.5. The SMILES string of the molecule is Cc1ccc(CNCC2(NC(=O)OC(C)(C)C)CCC2)cc1C.